The quantitative estimate of drug-likeness (QED) is 0.879. The molecule has 0 aromatic heterocycles. The summed E-state index contributed by atoms with van der Waals surface area (Å²) in [4.78, 5) is 11.4. The molecule has 0 aliphatic heterocycles. The molecule has 0 bridgehead atoms. The summed E-state index contributed by atoms with van der Waals surface area (Å²) >= 11 is 11.7. The van der Waals surface area contributed by atoms with Crippen LogP contribution in [-0.4, -0.2) is 5.91 Å². The van der Waals surface area contributed by atoms with Crippen LogP contribution in [0.15, 0.2) is 18.2 Å². The number of amides is 1. The first-order valence-corrected chi connectivity index (χ1v) is 5.94. The molecule has 0 aliphatic rings. The molecule has 0 heterocycles. The minimum Gasteiger partial charge on any atom is -0.352 e. The fourth-order valence-corrected chi connectivity index (χ4v) is 1.93. The van der Waals surface area contributed by atoms with E-state index in [1.54, 1.807) is 18.2 Å². The number of nitrogens with one attached hydrogen (secondary N) is 1. The molecule has 0 saturated heterocycles. The van der Waals surface area contributed by atoms with E-state index in [0.717, 1.165) is 5.56 Å². The lowest BCUT2D eigenvalue weighted by molar-refractivity contribution is -0.121. The van der Waals surface area contributed by atoms with Gasteiger partial charge in [0.05, 0.1) is 0 Å². The molecular formula is C12H15Cl2NO. The Morgan fingerprint density at radius 2 is 1.81 bits per heavy atom. The standard InChI is InChI=1S/C12H15Cl2NO/c1-8(2)3-12(16)15-7-9-4-10(13)6-11(14)5-9/h4-6,8H,3,7H2,1-2H3,(H,15,16). The lowest BCUT2D eigenvalue weighted by Crippen LogP contribution is -2.23. The van der Waals surface area contributed by atoms with Crippen LogP contribution in [0.5, 0.6) is 0 Å². The van der Waals surface area contributed by atoms with Crippen molar-refractivity contribution in [3.8, 4) is 0 Å². The van der Waals surface area contributed by atoms with Crippen LogP contribution >= 0.6 is 23.2 Å². The zero-order valence-electron chi connectivity index (χ0n) is 9.39. The highest BCUT2D eigenvalue weighted by Crippen LogP contribution is 2.18. The van der Waals surface area contributed by atoms with Gasteiger partial charge in [0.2, 0.25) is 5.91 Å². The Morgan fingerprint density at radius 1 is 1.25 bits per heavy atom. The molecule has 0 radical (unpaired) electrons. The molecule has 2 nitrogen and oxygen atoms in total. The summed E-state index contributed by atoms with van der Waals surface area (Å²) in [6.07, 6.45) is 0.536. The summed E-state index contributed by atoms with van der Waals surface area (Å²) in [5, 5.41) is 4.00. The summed E-state index contributed by atoms with van der Waals surface area (Å²) in [6.45, 7) is 4.48. The van der Waals surface area contributed by atoms with Crippen molar-refractivity contribution in [1.82, 2.24) is 5.32 Å². The van der Waals surface area contributed by atoms with Gasteiger partial charge in [-0.15, -0.1) is 0 Å². The minimum absolute atomic E-state index is 0.0473. The summed E-state index contributed by atoms with van der Waals surface area (Å²) in [5.74, 6) is 0.411. The van der Waals surface area contributed by atoms with Gasteiger partial charge in [-0.3, -0.25) is 4.79 Å². The van der Waals surface area contributed by atoms with Crippen molar-refractivity contribution >= 4 is 29.1 Å². The van der Waals surface area contributed by atoms with E-state index in [9.17, 15) is 4.79 Å². The monoisotopic (exact) mass is 259 g/mol. The molecule has 4 heteroatoms. The van der Waals surface area contributed by atoms with E-state index in [-0.39, 0.29) is 5.91 Å². The second kappa shape index (κ2) is 6.12. The second-order valence-corrected chi connectivity index (χ2v) is 5.03. The maximum absolute atomic E-state index is 11.4. The third-order valence-corrected chi connectivity index (χ3v) is 2.44. The molecule has 0 spiro atoms. The molecular weight excluding hydrogens is 245 g/mol. The molecule has 1 amide bonds. The Kier molecular flexibility index (Phi) is 5.10. The average Bonchev–Trinajstić information content (AvgIpc) is 2.12. The minimum atomic E-state index is 0.0473. The largest absolute Gasteiger partial charge is 0.352 e. The Bertz CT molecular complexity index is 357. The zero-order valence-corrected chi connectivity index (χ0v) is 10.9. The second-order valence-electron chi connectivity index (χ2n) is 4.15. The van der Waals surface area contributed by atoms with Crippen molar-refractivity contribution in [1.29, 1.82) is 0 Å². The van der Waals surface area contributed by atoms with E-state index in [2.05, 4.69) is 5.32 Å². The first kappa shape index (κ1) is 13.3. The molecule has 1 N–H and O–H groups in total. The first-order valence-electron chi connectivity index (χ1n) is 5.19. The molecule has 0 aliphatic carbocycles. The lowest BCUT2D eigenvalue weighted by Gasteiger charge is -2.07. The average molecular weight is 260 g/mol. The van der Waals surface area contributed by atoms with Crippen molar-refractivity contribution in [2.24, 2.45) is 5.92 Å². The lowest BCUT2D eigenvalue weighted by atomic mass is 10.1. The van der Waals surface area contributed by atoms with Crippen LogP contribution in [0.2, 0.25) is 10.0 Å². The topological polar surface area (TPSA) is 29.1 Å². The normalized spacial score (nSPS) is 10.6. The molecule has 1 aromatic rings. The molecule has 0 atom stereocenters. The highest BCUT2D eigenvalue weighted by Gasteiger charge is 2.05. The van der Waals surface area contributed by atoms with Gasteiger partial charge in [-0.1, -0.05) is 37.0 Å². The Labute approximate surface area is 106 Å². The predicted molar refractivity (Wildman–Crippen MR) is 67.8 cm³/mol. The van der Waals surface area contributed by atoms with Crippen LogP contribution in [-0.2, 0) is 11.3 Å². The molecule has 88 valence electrons. The summed E-state index contributed by atoms with van der Waals surface area (Å²) < 4.78 is 0. The number of carbonyl (C=O) groups is 1. The van der Waals surface area contributed by atoms with Gasteiger partial charge in [-0.25, -0.2) is 0 Å². The van der Waals surface area contributed by atoms with E-state index in [1.165, 1.54) is 0 Å². The summed E-state index contributed by atoms with van der Waals surface area (Å²) in [7, 11) is 0. The highest BCUT2D eigenvalue weighted by atomic mass is 35.5. The van der Waals surface area contributed by atoms with Gasteiger partial charge in [-0.2, -0.15) is 0 Å². The molecule has 0 unspecified atom stereocenters. The molecule has 0 saturated carbocycles. The maximum atomic E-state index is 11.4. The number of benzene rings is 1. The van der Waals surface area contributed by atoms with Gasteiger partial charge in [0.15, 0.2) is 0 Å². The fraction of sp³-hybridized carbons (Fsp3) is 0.417. The van der Waals surface area contributed by atoms with Gasteiger partial charge in [0.1, 0.15) is 0 Å². The van der Waals surface area contributed by atoms with Gasteiger partial charge in [0, 0.05) is 23.0 Å². The van der Waals surface area contributed by atoms with Crippen molar-refractivity contribution in [2.75, 3.05) is 0 Å². The van der Waals surface area contributed by atoms with Crippen LogP contribution in [0.3, 0.4) is 0 Å². The smallest absolute Gasteiger partial charge is 0.220 e. The number of rotatable bonds is 4. The van der Waals surface area contributed by atoms with Crippen molar-refractivity contribution in [2.45, 2.75) is 26.8 Å². The molecule has 16 heavy (non-hydrogen) atoms. The van der Waals surface area contributed by atoms with E-state index < -0.39 is 0 Å². The fourth-order valence-electron chi connectivity index (χ4n) is 1.36. The van der Waals surface area contributed by atoms with Crippen LogP contribution in [0, 0.1) is 5.92 Å². The van der Waals surface area contributed by atoms with Gasteiger partial charge < -0.3 is 5.32 Å². The number of halogens is 2. The van der Waals surface area contributed by atoms with Crippen molar-refractivity contribution < 1.29 is 4.79 Å². The van der Waals surface area contributed by atoms with E-state index in [1.807, 2.05) is 13.8 Å². The van der Waals surface area contributed by atoms with Gasteiger partial charge in [-0.05, 0) is 29.7 Å². The summed E-state index contributed by atoms with van der Waals surface area (Å²) in [5.41, 5.74) is 0.912. The first-order chi connectivity index (χ1) is 7.47. The molecule has 1 aromatic carbocycles. The number of carbonyl (C=O) groups excluding carboxylic acids is 1. The van der Waals surface area contributed by atoms with Crippen LogP contribution in [0.25, 0.3) is 0 Å². The Morgan fingerprint density at radius 3 is 2.31 bits per heavy atom. The van der Waals surface area contributed by atoms with Gasteiger partial charge in [0.25, 0.3) is 0 Å². The van der Waals surface area contributed by atoms with Crippen LogP contribution in [0.1, 0.15) is 25.8 Å². The maximum Gasteiger partial charge on any atom is 0.220 e. The van der Waals surface area contributed by atoms with E-state index in [0.29, 0.717) is 28.9 Å². The third kappa shape index (κ3) is 4.86. The van der Waals surface area contributed by atoms with Crippen molar-refractivity contribution in [3.05, 3.63) is 33.8 Å². The number of hydrogen-bond acceptors (Lipinski definition) is 1. The molecule has 1 rings (SSSR count). The van der Waals surface area contributed by atoms with E-state index in [4.69, 9.17) is 23.2 Å². The van der Waals surface area contributed by atoms with Crippen LogP contribution < -0.4 is 5.32 Å². The van der Waals surface area contributed by atoms with Gasteiger partial charge >= 0.3 is 0 Å². The van der Waals surface area contributed by atoms with E-state index >= 15 is 0 Å². The highest BCUT2D eigenvalue weighted by molar-refractivity contribution is 6.34. The molecule has 0 fully saturated rings. The Balaban J connectivity index is 2.51. The summed E-state index contributed by atoms with van der Waals surface area (Å²) in [6, 6.07) is 5.26. The Hall–Kier alpha value is -0.730. The zero-order chi connectivity index (χ0) is 12.1. The number of hydrogen-bond donors (Lipinski definition) is 1. The van der Waals surface area contributed by atoms with Crippen molar-refractivity contribution in [3.63, 3.8) is 0 Å². The van der Waals surface area contributed by atoms with Crippen LogP contribution in [0.4, 0.5) is 0 Å². The third-order valence-electron chi connectivity index (χ3n) is 2.01. The predicted octanol–water partition coefficient (Wildman–Crippen LogP) is 3.66. The SMILES string of the molecule is CC(C)CC(=O)NCc1cc(Cl)cc(Cl)c1.